The highest BCUT2D eigenvalue weighted by molar-refractivity contribution is 5.82. The third kappa shape index (κ3) is 3.34. The fourth-order valence-electron chi connectivity index (χ4n) is 2.38. The second kappa shape index (κ2) is 6.83. The minimum Gasteiger partial charge on any atom is -0.487 e. The number of halogens is 2. The topological polar surface area (TPSA) is 73.9 Å². The Bertz CT molecular complexity index is 1030. The van der Waals surface area contributed by atoms with Crippen molar-refractivity contribution in [3.8, 4) is 17.2 Å². The highest BCUT2D eigenvalue weighted by Gasteiger charge is 2.17. The molecule has 8 heteroatoms. The maximum atomic E-state index is 12.5. The van der Waals surface area contributed by atoms with Crippen molar-refractivity contribution in [1.29, 1.82) is 0 Å². The van der Waals surface area contributed by atoms with Crippen LogP contribution in [-0.4, -0.2) is 20.2 Å². The molecule has 4 rings (SSSR count). The molecule has 0 aliphatic carbocycles. The Morgan fingerprint density at radius 3 is 2.69 bits per heavy atom. The van der Waals surface area contributed by atoms with Crippen molar-refractivity contribution in [3.05, 3.63) is 66.6 Å². The van der Waals surface area contributed by atoms with Crippen LogP contribution in [0.3, 0.4) is 0 Å². The number of rotatable bonds is 5. The van der Waals surface area contributed by atoms with Gasteiger partial charge < -0.3 is 9.15 Å². The quantitative estimate of drug-likeness (QED) is 0.535. The first-order chi connectivity index (χ1) is 12.7. The highest BCUT2D eigenvalue weighted by Crippen LogP contribution is 2.23. The molecule has 26 heavy (non-hydrogen) atoms. The van der Waals surface area contributed by atoms with E-state index in [1.165, 1.54) is 6.20 Å². The molecular weight excluding hydrogens is 342 g/mol. The first kappa shape index (κ1) is 16.1. The van der Waals surface area contributed by atoms with Gasteiger partial charge in [-0.15, -0.1) is 10.2 Å². The Morgan fingerprint density at radius 1 is 1.00 bits per heavy atom. The molecule has 0 aliphatic heterocycles. The SMILES string of the molecule is FC(F)c1nnc(-c2ccc(COc3ccc4cnccc4c3)nc2)o1. The molecule has 0 atom stereocenters. The van der Waals surface area contributed by atoms with Gasteiger partial charge >= 0.3 is 6.43 Å². The van der Waals surface area contributed by atoms with Gasteiger partial charge in [-0.25, -0.2) is 0 Å². The molecule has 3 aromatic heterocycles. The van der Waals surface area contributed by atoms with Gasteiger partial charge in [0.25, 0.3) is 5.89 Å². The fourth-order valence-corrected chi connectivity index (χ4v) is 2.38. The van der Waals surface area contributed by atoms with Crippen LogP contribution in [0.2, 0.25) is 0 Å². The molecule has 3 heterocycles. The van der Waals surface area contributed by atoms with Crippen molar-refractivity contribution >= 4 is 10.8 Å². The molecule has 6 nitrogen and oxygen atoms in total. The molecule has 0 N–H and O–H groups in total. The lowest BCUT2D eigenvalue weighted by atomic mass is 10.2. The minimum atomic E-state index is -2.80. The van der Waals surface area contributed by atoms with E-state index in [0.717, 1.165) is 10.8 Å². The Hall–Kier alpha value is -3.42. The van der Waals surface area contributed by atoms with Crippen LogP contribution < -0.4 is 4.74 Å². The summed E-state index contributed by atoms with van der Waals surface area (Å²) in [5.41, 5.74) is 1.14. The number of ether oxygens (including phenoxy) is 1. The number of nitrogens with zero attached hydrogens (tertiary/aromatic N) is 4. The molecule has 0 aliphatic rings. The Morgan fingerprint density at radius 2 is 1.92 bits per heavy atom. The zero-order valence-corrected chi connectivity index (χ0v) is 13.3. The minimum absolute atomic E-state index is 0.00315. The molecule has 0 radical (unpaired) electrons. The summed E-state index contributed by atoms with van der Waals surface area (Å²) in [7, 11) is 0. The molecule has 0 unspecified atom stereocenters. The second-order valence-corrected chi connectivity index (χ2v) is 5.46. The summed E-state index contributed by atoms with van der Waals surface area (Å²) in [4.78, 5) is 8.31. The van der Waals surface area contributed by atoms with Gasteiger partial charge in [0.1, 0.15) is 12.4 Å². The number of hydrogen-bond donors (Lipinski definition) is 0. The first-order valence-electron chi connectivity index (χ1n) is 7.72. The lowest BCUT2D eigenvalue weighted by Crippen LogP contribution is -1.98. The van der Waals surface area contributed by atoms with E-state index < -0.39 is 12.3 Å². The Kier molecular flexibility index (Phi) is 4.22. The molecule has 0 amide bonds. The molecule has 1 aromatic carbocycles. The van der Waals surface area contributed by atoms with Gasteiger partial charge in [-0.05, 0) is 41.8 Å². The van der Waals surface area contributed by atoms with E-state index in [1.807, 2.05) is 24.3 Å². The summed E-state index contributed by atoms with van der Waals surface area (Å²) in [5, 5.41) is 8.95. The maximum absolute atomic E-state index is 12.5. The normalized spacial score (nSPS) is 11.2. The summed E-state index contributed by atoms with van der Waals surface area (Å²) in [6, 6.07) is 11.0. The van der Waals surface area contributed by atoms with E-state index in [0.29, 0.717) is 17.0 Å². The average Bonchev–Trinajstić information content (AvgIpc) is 3.17. The largest absolute Gasteiger partial charge is 0.487 e. The van der Waals surface area contributed by atoms with Crippen molar-refractivity contribution in [2.45, 2.75) is 13.0 Å². The maximum Gasteiger partial charge on any atom is 0.314 e. The number of pyridine rings is 2. The molecular formula is C18H12F2N4O2. The van der Waals surface area contributed by atoms with Gasteiger partial charge in [0, 0.05) is 24.0 Å². The van der Waals surface area contributed by atoms with Gasteiger partial charge in [0.15, 0.2) is 0 Å². The van der Waals surface area contributed by atoms with Crippen molar-refractivity contribution in [3.63, 3.8) is 0 Å². The average molecular weight is 354 g/mol. The van der Waals surface area contributed by atoms with Gasteiger partial charge in [-0.2, -0.15) is 8.78 Å². The van der Waals surface area contributed by atoms with E-state index in [1.54, 1.807) is 24.5 Å². The van der Waals surface area contributed by atoms with Gasteiger partial charge in [-0.3, -0.25) is 9.97 Å². The number of alkyl halides is 2. The molecule has 4 aromatic rings. The standard InChI is InChI=1S/C18H12F2N4O2/c19-16(20)18-24-23-17(26-18)13-1-3-14(22-9-13)10-25-15-4-2-12-8-21-6-5-11(12)7-15/h1-9,16H,10H2. The first-order valence-corrected chi connectivity index (χ1v) is 7.72. The molecule has 0 fully saturated rings. The van der Waals surface area contributed by atoms with Gasteiger partial charge in [0.05, 0.1) is 11.3 Å². The van der Waals surface area contributed by atoms with E-state index in [2.05, 4.69) is 20.2 Å². The monoisotopic (exact) mass is 354 g/mol. The van der Waals surface area contributed by atoms with E-state index >= 15 is 0 Å². The highest BCUT2D eigenvalue weighted by atomic mass is 19.3. The number of fused-ring (bicyclic) bond motifs is 1. The third-order valence-electron chi connectivity index (χ3n) is 3.70. The van der Waals surface area contributed by atoms with Crippen LogP contribution in [-0.2, 0) is 6.61 Å². The smallest absolute Gasteiger partial charge is 0.314 e. The van der Waals surface area contributed by atoms with Crippen molar-refractivity contribution in [1.82, 2.24) is 20.2 Å². The van der Waals surface area contributed by atoms with Crippen LogP contribution in [0.25, 0.3) is 22.2 Å². The predicted molar refractivity (Wildman–Crippen MR) is 88.6 cm³/mol. The van der Waals surface area contributed by atoms with Crippen molar-refractivity contribution < 1.29 is 17.9 Å². The summed E-state index contributed by atoms with van der Waals surface area (Å²) >= 11 is 0. The molecule has 0 spiro atoms. The van der Waals surface area contributed by atoms with Gasteiger partial charge in [0.2, 0.25) is 5.89 Å². The molecule has 0 saturated carbocycles. The predicted octanol–water partition coefficient (Wildman–Crippen LogP) is 4.20. The summed E-state index contributed by atoms with van der Waals surface area (Å²) in [5.74, 6) is 0.00961. The van der Waals surface area contributed by atoms with Crippen LogP contribution in [0.1, 0.15) is 18.0 Å². The molecule has 0 bridgehead atoms. The summed E-state index contributed by atoms with van der Waals surface area (Å²) in [6.45, 7) is 0.267. The molecule has 0 saturated heterocycles. The number of benzene rings is 1. The van der Waals surface area contributed by atoms with Gasteiger partial charge in [-0.1, -0.05) is 0 Å². The third-order valence-corrected chi connectivity index (χ3v) is 3.70. The number of aromatic nitrogens is 4. The summed E-state index contributed by atoms with van der Waals surface area (Å²) in [6.07, 6.45) is 2.20. The van der Waals surface area contributed by atoms with E-state index in [4.69, 9.17) is 9.15 Å². The number of hydrogen-bond acceptors (Lipinski definition) is 6. The van der Waals surface area contributed by atoms with Crippen LogP contribution in [0.15, 0.2) is 59.4 Å². The zero-order chi connectivity index (χ0) is 17.9. The second-order valence-electron chi connectivity index (χ2n) is 5.46. The fraction of sp³-hybridized carbons (Fsp3) is 0.111. The Labute approximate surface area is 146 Å². The van der Waals surface area contributed by atoms with Crippen LogP contribution in [0.4, 0.5) is 8.78 Å². The van der Waals surface area contributed by atoms with E-state index in [-0.39, 0.29) is 12.5 Å². The molecule has 130 valence electrons. The van der Waals surface area contributed by atoms with E-state index in [9.17, 15) is 8.78 Å². The van der Waals surface area contributed by atoms with Crippen LogP contribution in [0, 0.1) is 0 Å². The Balaban J connectivity index is 1.44. The van der Waals surface area contributed by atoms with Crippen LogP contribution >= 0.6 is 0 Å². The summed E-state index contributed by atoms with van der Waals surface area (Å²) < 4.78 is 35.6. The zero-order valence-electron chi connectivity index (χ0n) is 13.3. The lowest BCUT2D eigenvalue weighted by molar-refractivity contribution is 0.116. The van der Waals surface area contributed by atoms with Crippen molar-refractivity contribution in [2.24, 2.45) is 0 Å². The van der Waals surface area contributed by atoms with Crippen LogP contribution in [0.5, 0.6) is 5.75 Å². The lowest BCUT2D eigenvalue weighted by Gasteiger charge is -2.07. The van der Waals surface area contributed by atoms with Crippen molar-refractivity contribution in [2.75, 3.05) is 0 Å².